The van der Waals surface area contributed by atoms with Crippen LogP contribution in [0.2, 0.25) is 0 Å². The predicted octanol–water partition coefficient (Wildman–Crippen LogP) is 1.28. The lowest BCUT2D eigenvalue weighted by atomic mass is 10.2. The average molecular weight is 402 g/mol. The van der Waals surface area contributed by atoms with Crippen LogP contribution in [-0.2, 0) is 11.3 Å². The lowest BCUT2D eigenvalue weighted by molar-refractivity contribution is -0.122. The summed E-state index contributed by atoms with van der Waals surface area (Å²) in [6.07, 6.45) is 1.32. The van der Waals surface area contributed by atoms with Gasteiger partial charge >= 0.3 is 0 Å². The Hall–Kier alpha value is -4.34. The third-order valence-corrected chi connectivity index (χ3v) is 4.28. The molecule has 0 saturated heterocycles. The second kappa shape index (κ2) is 8.35. The van der Waals surface area contributed by atoms with Crippen molar-refractivity contribution in [3.63, 3.8) is 0 Å². The van der Waals surface area contributed by atoms with Crippen LogP contribution in [-0.4, -0.2) is 42.1 Å². The molecule has 1 amide bonds. The second-order valence-corrected chi connectivity index (χ2v) is 6.43. The van der Waals surface area contributed by atoms with E-state index in [1.165, 1.54) is 15.7 Å². The summed E-state index contributed by atoms with van der Waals surface area (Å²) in [6.45, 7) is 1.60. The van der Waals surface area contributed by atoms with Crippen molar-refractivity contribution in [3.8, 4) is 17.1 Å². The molecule has 0 fully saturated rings. The number of hydrogen-bond donors (Lipinski definition) is 2. The van der Waals surface area contributed by atoms with Crippen molar-refractivity contribution in [1.29, 1.82) is 0 Å². The van der Waals surface area contributed by atoms with Crippen LogP contribution in [0, 0.1) is 6.92 Å². The van der Waals surface area contributed by atoms with E-state index in [0.717, 1.165) is 5.56 Å². The molecule has 30 heavy (non-hydrogen) atoms. The highest BCUT2D eigenvalue weighted by Gasteiger charge is 2.11. The summed E-state index contributed by atoms with van der Waals surface area (Å²) in [7, 11) is 0. The number of aromatic nitrogens is 6. The highest BCUT2D eigenvalue weighted by Crippen LogP contribution is 2.11. The third-order valence-electron chi connectivity index (χ3n) is 4.28. The molecule has 0 aliphatic rings. The normalized spacial score (nSPS) is 11.1. The van der Waals surface area contributed by atoms with Gasteiger partial charge in [0.1, 0.15) is 6.54 Å². The number of tetrazole rings is 1. The molecule has 10 heteroatoms. The lowest BCUT2D eigenvalue weighted by Gasteiger charge is -1.99. The van der Waals surface area contributed by atoms with E-state index in [0.29, 0.717) is 22.8 Å². The van der Waals surface area contributed by atoms with Gasteiger partial charge in [0.05, 0.1) is 17.5 Å². The van der Waals surface area contributed by atoms with Gasteiger partial charge in [0.15, 0.2) is 0 Å². The maximum absolute atomic E-state index is 12.6. The molecule has 0 bridgehead atoms. The maximum Gasteiger partial charge on any atom is 0.280 e. The third kappa shape index (κ3) is 4.07. The molecule has 10 nitrogen and oxygen atoms in total. The zero-order valence-corrected chi connectivity index (χ0v) is 16.1. The van der Waals surface area contributed by atoms with Crippen molar-refractivity contribution in [2.24, 2.45) is 5.10 Å². The molecule has 2 N–H and O–H groups in total. The van der Waals surface area contributed by atoms with Crippen LogP contribution in [0.3, 0.4) is 0 Å². The number of H-pyrrole nitrogens is 1. The fourth-order valence-corrected chi connectivity index (χ4v) is 2.82. The highest BCUT2D eigenvalue weighted by atomic mass is 16.2. The van der Waals surface area contributed by atoms with Crippen molar-refractivity contribution in [3.05, 3.63) is 82.3 Å². The average Bonchev–Trinajstić information content (AvgIpc) is 3.34. The van der Waals surface area contributed by atoms with Gasteiger partial charge in [-0.05, 0) is 24.3 Å². The first-order chi connectivity index (χ1) is 14.6. The standard InChI is InChI=1S/C20H18N8O2/c1-14-17(20(30)28(24-14)16-10-6-3-7-11-16)12-21-22-18(29)13-27-25-19(23-26-27)15-8-4-2-5-9-15/h2-12,24H,13H2,1H3,(H,22,29)/b21-12-. The summed E-state index contributed by atoms with van der Waals surface area (Å²) >= 11 is 0. The van der Waals surface area contributed by atoms with E-state index >= 15 is 0 Å². The maximum atomic E-state index is 12.6. The van der Waals surface area contributed by atoms with E-state index in [9.17, 15) is 9.59 Å². The molecule has 0 atom stereocenters. The van der Waals surface area contributed by atoms with Gasteiger partial charge in [-0.3, -0.25) is 14.7 Å². The molecule has 2 aromatic heterocycles. The van der Waals surface area contributed by atoms with Crippen molar-refractivity contribution in [1.82, 2.24) is 35.4 Å². The molecule has 0 aliphatic heterocycles. The second-order valence-electron chi connectivity index (χ2n) is 6.43. The van der Waals surface area contributed by atoms with Gasteiger partial charge in [0.2, 0.25) is 5.82 Å². The Morgan fingerprint density at radius 3 is 2.57 bits per heavy atom. The van der Waals surface area contributed by atoms with Crippen LogP contribution in [0.15, 0.2) is 70.6 Å². The predicted molar refractivity (Wildman–Crippen MR) is 110 cm³/mol. The fourth-order valence-electron chi connectivity index (χ4n) is 2.82. The molecule has 150 valence electrons. The van der Waals surface area contributed by atoms with E-state index in [1.807, 2.05) is 60.7 Å². The number of aromatic amines is 1. The number of amides is 1. The van der Waals surface area contributed by atoms with Crippen molar-refractivity contribution in [2.75, 3.05) is 0 Å². The quantitative estimate of drug-likeness (QED) is 0.371. The molecule has 4 rings (SSSR count). The summed E-state index contributed by atoms with van der Waals surface area (Å²) in [4.78, 5) is 25.9. The highest BCUT2D eigenvalue weighted by molar-refractivity contribution is 5.83. The van der Waals surface area contributed by atoms with Crippen molar-refractivity contribution < 1.29 is 4.79 Å². The van der Waals surface area contributed by atoms with E-state index in [-0.39, 0.29) is 12.1 Å². The van der Waals surface area contributed by atoms with Crippen LogP contribution in [0.5, 0.6) is 0 Å². The number of nitrogens with one attached hydrogen (secondary N) is 2. The van der Waals surface area contributed by atoms with Gasteiger partial charge in [0, 0.05) is 11.3 Å². The van der Waals surface area contributed by atoms with E-state index in [4.69, 9.17) is 0 Å². The molecule has 0 aliphatic carbocycles. The number of hydrogen-bond acceptors (Lipinski definition) is 6. The van der Waals surface area contributed by atoms with Gasteiger partial charge in [-0.2, -0.15) is 9.90 Å². The smallest absolute Gasteiger partial charge is 0.280 e. The van der Waals surface area contributed by atoms with Crippen LogP contribution in [0.25, 0.3) is 17.1 Å². The minimum absolute atomic E-state index is 0.155. The first-order valence-electron chi connectivity index (χ1n) is 9.14. The summed E-state index contributed by atoms with van der Waals surface area (Å²) in [5, 5.41) is 18.9. The van der Waals surface area contributed by atoms with Gasteiger partial charge in [-0.15, -0.1) is 10.2 Å². The number of carbonyl (C=O) groups is 1. The molecule has 0 spiro atoms. The first-order valence-corrected chi connectivity index (χ1v) is 9.14. The number of para-hydroxylation sites is 1. The van der Waals surface area contributed by atoms with Crippen molar-refractivity contribution >= 4 is 12.1 Å². The summed E-state index contributed by atoms with van der Waals surface area (Å²) in [5.41, 5.74) is 4.61. The molecule has 0 unspecified atom stereocenters. The summed E-state index contributed by atoms with van der Waals surface area (Å²) in [5.74, 6) is -0.0175. The largest absolute Gasteiger partial charge is 0.295 e. The molecular weight excluding hydrogens is 384 g/mol. The van der Waals surface area contributed by atoms with Crippen LogP contribution < -0.4 is 11.0 Å². The Bertz CT molecular complexity index is 1240. The molecule has 4 aromatic rings. The zero-order chi connectivity index (χ0) is 20.9. The topological polar surface area (TPSA) is 123 Å². The van der Waals surface area contributed by atoms with Crippen LogP contribution in [0.4, 0.5) is 0 Å². The minimum atomic E-state index is -0.445. The Kier molecular flexibility index (Phi) is 5.29. The number of aryl methyl sites for hydroxylation is 1. The van der Waals surface area contributed by atoms with Crippen LogP contribution >= 0.6 is 0 Å². The first kappa shape index (κ1) is 19.0. The molecule has 0 saturated carbocycles. The SMILES string of the molecule is Cc1[nH]n(-c2ccccc2)c(=O)c1/C=N\NC(=O)Cn1nnc(-c2ccccc2)n1. The lowest BCUT2D eigenvalue weighted by Crippen LogP contribution is -2.25. The zero-order valence-electron chi connectivity index (χ0n) is 16.1. The van der Waals surface area contributed by atoms with E-state index in [2.05, 4.69) is 31.0 Å². The number of hydrazone groups is 1. The Morgan fingerprint density at radius 2 is 1.83 bits per heavy atom. The summed E-state index contributed by atoms with van der Waals surface area (Å²) < 4.78 is 1.42. The Labute approximate surface area is 170 Å². The number of carbonyl (C=O) groups excluding carboxylic acids is 1. The van der Waals surface area contributed by atoms with E-state index < -0.39 is 5.91 Å². The van der Waals surface area contributed by atoms with Gasteiger partial charge in [-0.25, -0.2) is 10.1 Å². The molecular formula is C20H18N8O2. The fraction of sp³-hybridized carbons (Fsp3) is 0.100. The van der Waals surface area contributed by atoms with Gasteiger partial charge < -0.3 is 0 Å². The van der Waals surface area contributed by atoms with Crippen molar-refractivity contribution in [2.45, 2.75) is 13.5 Å². The Balaban J connectivity index is 1.41. The molecule has 0 radical (unpaired) electrons. The molecule has 2 heterocycles. The summed E-state index contributed by atoms with van der Waals surface area (Å²) in [6, 6.07) is 18.5. The van der Waals surface area contributed by atoms with Gasteiger partial charge in [0.25, 0.3) is 11.5 Å². The number of benzene rings is 2. The molecule has 2 aromatic carbocycles. The minimum Gasteiger partial charge on any atom is -0.295 e. The Morgan fingerprint density at radius 1 is 1.13 bits per heavy atom. The monoisotopic (exact) mass is 402 g/mol. The van der Waals surface area contributed by atoms with Crippen LogP contribution in [0.1, 0.15) is 11.3 Å². The number of nitrogens with zero attached hydrogens (tertiary/aromatic N) is 6. The number of rotatable bonds is 6. The van der Waals surface area contributed by atoms with Gasteiger partial charge in [-0.1, -0.05) is 48.5 Å². The van der Waals surface area contributed by atoms with E-state index in [1.54, 1.807) is 6.92 Å².